The number of hydrogen-bond donors (Lipinski definition) is 2. The average molecular weight is 301 g/mol. The molecule has 120 valence electrons. The molecule has 7 heteroatoms. The van der Waals surface area contributed by atoms with Crippen molar-refractivity contribution in [1.82, 2.24) is 4.73 Å². The second-order valence-corrected chi connectivity index (χ2v) is 5.80. The smallest absolute Gasteiger partial charge is 0.364 e. The molecule has 0 spiro atoms. The topological polar surface area (TPSA) is 90.2 Å². The van der Waals surface area contributed by atoms with Crippen LogP contribution in [0, 0.1) is 0 Å². The molecular formula is C14H23NO6. The van der Waals surface area contributed by atoms with E-state index in [-0.39, 0.29) is 17.4 Å². The van der Waals surface area contributed by atoms with E-state index < -0.39 is 11.6 Å². The average Bonchev–Trinajstić information content (AvgIpc) is 2.70. The highest BCUT2D eigenvalue weighted by atomic mass is 16.7. The number of aromatic hydroxyl groups is 2. The third-order valence-corrected chi connectivity index (χ3v) is 3.18. The van der Waals surface area contributed by atoms with Crippen LogP contribution in [0.25, 0.3) is 0 Å². The van der Waals surface area contributed by atoms with Gasteiger partial charge in [-0.05, 0) is 34.1 Å². The number of hydrogen-bond acceptors (Lipinski definition) is 6. The maximum atomic E-state index is 12.0. The van der Waals surface area contributed by atoms with Crippen LogP contribution < -0.4 is 4.84 Å². The van der Waals surface area contributed by atoms with E-state index in [0.717, 1.165) is 0 Å². The maximum absolute atomic E-state index is 12.0. The monoisotopic (exact) mass is 301 g/mol. The van der Waals surface area contributed by atoms with Crippen LogP contribution in [-0.2, 0) is 14.3 Å². The minimum atomic E-state index is -1.23. The van der Waals surface area contributed by atoms with Crippen molar-refractivity contribution < 1.29 is 29.3 Å². The Morgan fingerprint density at radius 3 is 2.19 bits per heavy atom. The molecule has 21 heavy (non-hydrogen) atoms. The Bertz CT molecular complexity index is 472. The van der Waals surface area contributed by atoms with Crippen LogP contribution in [0.4, 0.5) is 0 Å². The fraction of sp³-hybridized carbons (Fsp3) is 0.643. The fourth-order valence-electron chi connectivity index (χ4n) is 1.40. The summed E-state index contributed by atoms with van der Waals surface area (Å²) in [7, 11) is 1.61. The number of methoxy groups -OCH3 is 1. The third-order valence-electron chi connectivity index (χ3n) is 3.18. The molecule has 0 fully saturated rings. The van der Waals surface area contributed by atoms with E-state index in [1.54, 1.807) is 21.0 Å². The lowest BCUT2D eigenvalue weighted by Crippen LogP contribution is -2.42. The van der Waals surface area contributed by atoms with Crippen LogP contribution in [0.3, 0.4) is 0 Å². The largest absolute Gasteiger partial charge is 0.492 e. The normalized spacial score (nSPS) is 12.4. The summed E-state index contributed by atoms with van der Waals surface area (Å²) in [4.78, 5) is 17.0. The molecule has 1 heterocycles. The second kappa shape index (κ2) is 6.36. The van der Waals surface area contributed by atoms with Gasteiger partial charge in [-0.1, -0.05) is 0 Å². The van der Waals surface area contributed by atoms with E-state index in [2.05, 4.69) is 0 Å². The summed E-state index contributed by atoms with van der Waals surface area (Å²) in [5.74, 6) is -1.49. The predicted octanol–water partition coefficient (Wildman–Crippen LogP) is 1.46. The number of carbonyl (C=O) groups excluding carboxylic acids is 1. The van der Waals surface area contributed by atoms with Gasteiger partial charge in [0.05, 0.1) is 12.2 Å². The standard InChI is InChI=1S/C14H23NO6/c1-13(2,19-5)8-9-20-14(3,4)12(18)21-15-10(16)6-7-11(15)17/h6-7,16-17H,8-9H2,1-5H3. The summed E-state index contributed by atoms with van der Waals surface area (Å²) in [5.41, 5.74) is -1.58. The molecule has 0 saturated heterocycles. The van der Waals surface area contributed by atoms with Gasteiger partial charge in [0.1, 0.15) is 0 Å². The van der Waals surface area contributed by atoms with Crippen molar-refractivity contribution in [3.8, 4) is 11.8 Å². The lowest BCUT2D eigenvalue weighted by molar-refractivity contribution is -0.171. The van der Waals surface area contributed by atoms with Gasteiger partial charge in [-0.25, -0.2) is 4.79 Å². The first-order valence-electron chi connectivity index (χ1n) is 6.60. The van der Waals surface area contributed by atoms with Crippen LogP contribution in [0.5, 0.6) is 11.8 Å². The van der Waals surface area contributed by atoms with E-state index in [0.29, 0.717) is 17.8 Å². The first-order chi connectivity index (χ1) is 9.59. The highest BCUT2D eigenvalue weighted by molar-refractivity contribution is 5.79. The van der Waals surface area contributed by atoms with E-state index in [4.69, 9.17) is 14.3 Å². The molecule has 2 N–H and O–H groups in total. The van der Waals surface area contributed by atoms with Crippen molar-refractivity contribution in [3.05, 3.63) is 12.1 Å². The summed E-state index contributed by atoms with van der Waals surface area (Å²) < 4.78 is 11.4. The molecule has 0 aliphatic carbocycles. The molecule has 0 atom stereocenters. The molecular weight excluding hydrogens is 278 g/mol. The zero-order valence-electron chi connectivity index (χ0n) is 13.0. The Kier molecular flexibility index (Phi) is 5.25. The minimum Gasteiger partial charge on any atom is -0.492 e. The number of aromatic nitrogens is 1. The Hall–Kier alpha value is -1.73. The minimum absolute atomic E-state index is 0.298. The molecule has 0 bridgehead atoms. The number of rotatable bonds is 7. The SMILES string of the molecule is COC(C)(C)CCOC(C)(C)C(=O)On1c(O)ccc1O. The number of carbonyl (C=O) groups is 1. The van der Waals surface area contributed by atoms with Crippen molar-refractivity contribution in [2.24, 2.45) is 0 Å². The van der Waals surface area contributed by atoms with E-state index in [1.165, 1.54) is 12.1 Å². The van der Waals surface area contributed by atoms with Gasteiger partial charge in [0.2, 0.25) is 11.8 Å². The fourth-order valence-corrected chi connectivity index (χ4v) is 1.40. The Morgan fingerprint density at radius 2 is 1.71 bits per heavy atom. The predicted molar refractivity (Wildman–Crippen MR) is 75.1 cm³/mol. The molecule has 0 aliphatic heterocycles. The first kappa shape index (κ1) is 17.3. The summed E-state index contributed by atoms with van der Waals surface area (Å²) in [5, 5.41) is 18.9. The van der Waals surface area contributed by atoms with Crippen molar-refractivity contribution in [3.63, 3.8) is 0 Å². The summed E-state index contributed by atoms with van der Waals surface area (Å²) >= 11 is 0. The summed E-state index contributed by atoms with van der Waals surface area (Å²) in [6.07, 6.45) is 0.597. The zero-order valence-corrected chi connectivity index (χ0v) is 13.0. The Balaban J connectivity index is 2.59. The van der Waals surface area contributed by atoms with Crippen LogP contribution >= 0.6 is 0 Å². The van der Waals surface area contributed by atoms with E-state index >= 15 is 0 Å². The van der Waals surface area contributed by atoms with Crippen molar-refractivity contribution in [2.75, 3.05) is 13.7 Å². The lowest BCUT2D eigenvalue weighted by atomic mass is 10.1. The zero-order chi connectivity index (χ0) is 16.3. The van der Waals surface area contributed by atoms with Gasteiger partial charge in [-0.15, -0.1) is 4.73 Å². The van der Waals surface area contributed by atoms with Gasteiger partial charge in [-0.2, -0.15) is 0 Å². The molecule has 0 amide bonds. The molecule has 1 aromatic rings. The third kappa shape index (κ3) is 4.64. The van der Waals surface area contributed by atoms with Gasteiger partial charge < -0.3 is 24.5 Å². The van der Waals surface area contributed by atoms with Crippen LogP contribution in [-0.4, -0.2) is 45.8 Å². The van der Waals surface area contributed by atoms with Crippen LogP contribution in [0.15, 0.2) is 12.1 Å². The van der Waals surface area contributed by atoms with Crippen molar-refractivity contribution >= 4 is 5.97 Å². The summed E-state index contributed by atoms with van der Waals surface area (Å²) in [6.45, 7) is 7.22. The highest BCUT2D eigenvalue weighted by Crippen LogP contribution is 2.21. The molecule has 0 unspecified atom stereocenters. The maximum Gasteiger partial charge on any atom is 0.364 e. The van der Waals surface area contributed by atoms with Gasteiger partial charge in [-0.3, -0.25) is 0 Å². The quantitative estimate of drug-likeness (QED) is 0.792. The highest BCUT2D eigenvalue weighted by Gasteiger charge is 2.33. The molecule has 1 aromatic heterocycles. The first-order valence-corrected chi connectivity index (χ1v) is 6.60. The van der Waals surface area contributed by atoms with E-state index in [1.807, 2.05) is 13.8 Å². The van der Waals surface area contributed by atoms with Crippen molar-refractivity contribution in [1.29, 1.82) is 0 Å². The molecule has 0 aliphatic rings. The molecule has 0 radical (unpaired) electrons. The van der Waals surface area contributed by atoms with Crippen LogP contribution in [0.1, 0.15) is 34.1 Å². The van der Waals surface area contributed by atoms with Gasteiger partial charge in [0.15, 0.2) is 5.60 Å². The van der Waals surface area contributed by atoms with Gasteiger partial charge in [0, 0.05) is 19.2 Å². The van der Waals surface area contributed by atoms with E-state index in [9.17, 15) is 15.0 Å². The van der Waals surface area contributed by atoms with Crippen LogP contribution in [0.2, 0.25) is 0 Å². The molecule has 7 nitrogen and oxygen atoms in total. The van der Waals surface area contributed by atoms with Gasteiger partial charge >= 0.3 is 5.97 Å². The lowest BCUT2D eigenvalue weighted by Gasteiger charge is -2.27. The van der Waals surface area contributed by atoms with Crippen molar-refractivity contribution in [2.45, 2.75) is 45.3 Å². The molecule has 0 aromatic carbocycles. The second-order valence-electron chi connectivity index (χ2n) is 5.80. The Morgan fingerprint density at radius 1 is 1.19 bits per heavy atom. The summed E-state index contributed by atoms with van der Waals surface area (Å²) in [6, 6.07) is 2.41. The molecule has 0 saturated carbocycles. The van der Waals surface area contributed by atoms with Gasteiger partial charge in [0.25, 0.3) is 0 Å². The molecule has 1 rings (SSSR count). The number of nitrogens with zero attached hydrogens (tertiary/aromatic N) is 1. The Labute approximate surface area is 124 Å². The number of ether oxygens (including phenoxy) is 2.